The van der Waals surface area contributed by atoms with Gasteiger partial charge in [-0.25, -0.2) is 13.1 Å². The van der Waals surface area contributed by atoms with Gasteiger partial charge in [-0.2, -0.15) is 0 Å². The number of hydrogen-bond donors (Lipinski definition) is 1. The molecule has 2 heterocycles. The molecule has 0 aliphatic carbocycles. The number of anilines is 1. The molecule has 1 unspecified atom stereocenters. The van der Waals surface area contributed by atoms with Gasteiger partial charge < -0.3 is 9.64 Å². The Labute approximate surface area is 161 Å². The fourth-order valence-electron chi connectivity index (χ4n) is 3.89. The topological polar surface area (TPSA) is 79.0 Å². The summed E-state index contributed by atoms with van der Waals surface area (Å²) >= 11 is 0. The van der Waals surface area contributed by atoms with Crippen LogP contribution >= 0.6 is 0 Å². The second-order valence-electron chi connectivity index (χ2n) is 7.97. The molecule has 1 fully saturated rings. The average Bonchev–Trinajstić information content (AvgIpc) is 2.96. The third kappa shape index (κ3) is 4.18. The van der Waals surface area contributed by atoms with Gasteiger partial charge in [0.05, 0.1) is 18.1 Å². The first kappa shape index (κ1) is 20.3. The van der Waals surface area contributed by atoms with Gasteiger partial charge in [-0.05, 0) is 51.0 Å². The van der Waals surface area contributed by atoms with E-state index in [2.05, 4.69) is 9.62 Å². The maximum atomic E-state index is 12.8. The van der Waals surface area contributed by atoms with Crippen molar-refractivity contribution in [2.24, 2.45) is 0 Å². The van der Waals surface area contributed by atoms with Crippen LogP contribution in [0.25, 0.3) is 0 Å². The minimum absolute atomic E-state index is 0.0257. The van der Waals surface area contributed by atoms with E-state index in [1.807, 2.05) is 20.8 Å². The van der Waals surface area contributed by atoms with E-state index < -0.39 is 10.0 Å². The van der Waals surface area contributed by atoms with Crippen LogP contribution < -0.4 is 9.62 Å². The molecule has 27 heavy (non-hydrogen) atoms. The summed E-state index contributed by atoms with van der Waals surface area (Å²) < 4.78 is 33.8. The first-order valence-electron chi connectivity index (χ1n) is 9.37. The first-order chi connectivity index (χ1) is 12.6. The zero-order valence-corrected chi connectivity index (χ0v) is 17.3. The summed E-state index contributed by atoms with van der Waals surface area (Å²) in [5, 5.41) is 0. The average molecular weight is 396 g/mol. The maximum Gasteiger partial charge on any atom is 0.240 e. The second-order valence-corrected chi connectivity index (χ2v) is 9.74. The maximum absolute atomic E-state index is 12.8. The van der Waals surface area contributed by atoms with Crippen molar-refractivity contribution in [3.8, 4) is 0 Å². The van der Waals surface area contributed by atoms with Crippen molar-refractivity contribution >= 4 is 21.6 Å². The molecule has 1 N–H and O–H groups in total. The van der Waals surface area contributed by atoms with Gasteiger partial charge in [-0.15, -0.1) is 0 Å². The van der Waals surface area contributed by atoms with E-state index in [1.54, 1.807) is 23.1 Å². The van der Waals surface area contributed by atoms with Gasteiger partial charge in [-0.1, -0.05) is 0 Å². The van der Waals surface area contributed by atoms with Gasteiger partial charge >= 0.3 is 0 Å². The smallest absolute Gasteiger partial charge is 0.240 e. The monoisotopic (exact) mass is 395 g/mol. The zero-order chi connectivity index (χ0) is 19.8. The number of sulfonamides is 1. The zero-order valence-electron chi connectivity index (χ0n) is 16.5. The lowest BCUT2D eigenvalue weighted by Gasteiger charge is -2.40. The molecule has 2 aliphatic heterocycles. The Morgan fingerprint density at radius 1 is 1.30 bits per heavy atom. The second kappa shape index (κ2) is 7.50. The van der Waals surface area contributed by atoms with Crippen molar-refractivity contribution in [1.82, 2.24) is 9.62 Å². The minimum Gasteiger partial charge on any atom is -0.379 e. The van der Waals surface area contributed by atoms with Crippen LogP contribution in [0.1, 0.15) is 33.3 Å². The number of fused-ring (bicyclic) bond motifs is 1. The number of rotatable bonds is 5. The molecule has 1 aromatic rings. The fraction of sp³-hybridized carbons (Fsp3) is 0.632. The highest BCUT2D eigenvalue weighted by atomic mass is 32.2. The Hall–Kier alpha value is -1.48. The predicted molar refractivity (Wildman–Crippen MR) is 104 cm³/mol. The van der Waals surface area contributed by atoms with Crippen molar-refractivity contribution in [2.45, 2.75) is 50.6 Å². The van der Waals surface area contributed by atoms with Crippen LogP contribution in [0.4, 0.5) is 5.69 Å². The summed E-state index contributed by atoms with van der Waals surface area (Å²) in [5.74, 6) is -0.0257. The van der Waals surface area contributed by atoms with Crippen molar-refractivity contribution in [2.75, 3.05) is 37.7 Å². The summed E-state index contributed by atoms with van der Waals surface area (Å²) in [6.45, 7) is 10.8. The van der Waals surface area contributed by atoms with Crippen LogP contribution in [-0.4, -0.2) is 63.7 Å². The molecular weight excluding hydrogens is 366 g/mol. The number of nitrogens with one attached hydrogen (secondary N) is 1. The Morgan fingerprint density at radius 3 is 2.59 bits per heavy atom. The van der Waals surface area contributed by atoms with Gasteiger partial charge in [-0.3, -0.25) is 9.69 Å². The Morgan fingerprint density at radius 2 is 1.96 bits per heavy atom. The van der Waals surface area contributed by atoms with Crippen molar-refractivity contribution < 1.29 is 17.9 Å². The number of carbonyl (C=O) groups excluding carboxylic acids is 1. The molecule has 0 saturated carbocycles. The lowest BCUT2D eigenvalue weighted by molar-refractivity contribution is -0.116. The number of morpholine rings is 1. The standard InChI is InChI=1S/C19H29N3O4S/c1-14-11-16-12-17(5-6-18(16)22(14)15(2)23)27(24,25)20-13-19(3,4)21-7-9-26-10-8-21/h5-6,12,14,20H,7-11,13H2,1-4H3. The number of amides is 1. The van der Waals surface area contributed by atoms with Crippen molar-refractivity contribution in [3.63, 3.8) is 0 Å². The van der Waals surface area contributed by atoms with Gasteiger partial charge in [0.25, 0.3) is 0 Å². The molecule has 7 nitrogen and oxygen atoms in total. The van der Waals surface area contributed by atoms with Crippen molar-refractivity contribution in [3.05, 3.63) is 23.8 Å². The van der Waals surface area contributed by atoms with Gasteiger partial charge in [0.1, 0.15) is 0 Å². The molecule has 150 valence electrons. The summed E-state index contributed by atoms with van der Waals surface area (Å²) in [7, 11) is -3.62. The number of carbonyl (C=O) groups is 1. The lowest BCUT2D eigenvalue weighted by atomic mass is 10.0. The molecular formula is C19H29N3O4S. The molecule has 0 spiro atoms. The molecule has 1 saturated heterocycles. The fourth-order valence-corrected chi connectivity index (χ4v) is 5.14. The van der Waals surface area contributed by atoms with Crippen LogP contribution in [0.15, 0.2) is 23.1 Å². The highest BCUT2D eigenvalue weighted by Crippen LogP contribution is 2.33. The van der Waals surface area contributed by atoms with E-state index in [0.717, 1.165) is 24.3 Å². The summed E-state index contributed by atoms with van der Waals surface area (Å²) in [4.78, 5) is 16.1. The number of ether oxygens (including phenoxy) is 1. The highest BCUT2D eigenvalue weighted by Gasteiger charge is 2.32. The van der Waals surface area contributed by atoms with E-state index in [0.29, 0.717) is 26.2 Å². The van der Waals surface area contributed by atoms with E-state index in [1.165, 1.54) is 6.92 Å². The van der Waals surface area contributed by atoms with Gasteiger partial charge in [0.2, 0.25) is 15.9 Å². The van der Waals surface area contributed by atoms with Crippen molar-refractivity contribution in [1.29, 1.82) is 0 Å². The predicted octanol–water partition coefficient (Wildman–Crippen LogP) is 1.37. The van der Waals surface area contributed by atoms with Gasteiger partial charge in [0, 0.05) is 43.8 Å². The number of hydrogen-bond acceptors (Lipinski definition) is 5. The van der Waals surface area contributed by atoms with Crippen LogP contribution in [0.2, 0.25) is 0 Å². The van der Waals surface area contributed by atoms with E-state index in [9.17, 15) is 13.2 Å². The Balaban J connectivity index is 1.74. The summed E-state index contributed by atoms with van der Waals surface area (Å²) in [5.41, 5.74) is 1.41. The molecule has 1 atom stereocenters. The summed E-state index contributed by atoms with van der Waals surface area (Å²) in [6.07, 6.45) is 0.664. The van der Waals surface area contributed by atoms with Crippen LogP contribution in [0.3, 0.4) is 0 Å². The van der Waals surface area contributed by atoms with E-state index in [4.69, 9.17) is 4.74 Å². The largest absolute Gasteiger partial charge is 0.379 e. The molecule has 2 aliphatic rings. The quantitative estimate of drug-likeness (QED) is 0.815. The van der Waals surface area contributed by atoms with E-state index >= 15 is 0 Å². The lowest BCUT2D eigenvalue weighted by Crippen LogP contribution is -2.55. The molecule has 1 aromatic carbocycles. The first-order valence-corrected chi connectivity index (χ1v) is 10.9. The molecule has 0 radical (unpaired) electrons. The Bertz CT molecular complexity index is 816. The van der Waals surface area contributed by atoms with Gasteiger partial charge in [0.15, 0.2) is 0 Å². The Kier molecular flexibility index (Phi) is 5.63. The third-order valence-electron chi connectivity index (χ3n) is 5.48. The molecule has 0 aromatic heterocycles. The minimum atomic E-state index is -3.62. The molecule has 0 bridgehead atoms. The molecule has 1 amide bonds. The SMILES string of the molecule is CC(=O)N1c2ccc(S(=O)(=O)NCC(C)(C)N3CCOCC3)cc2CC1C. The van der Waals surface area contributed by atoms with E-state index in [-0.39, 0.29) is 22.4 Å². The molecule has 3 rings (SSSR count). The third-order valence-corrected chi connectivity index (χ3v) is 6.88. The summed E-state index contributed by atoms with van der Waals surface area (Å²) in [6, 6.07) is 5.06. The number of benzene rings is 1. The van der Waals surface area contributed by atoms with Crippen LogP contribution in [-0.2, 0) is 26.0 Å². The van der Waals surface area contributed by atoms with Crippen LogP contribution in [0.5, 0.6) is 0 Å². The highest BCUT2D eigenvalue weighted by molar-refractivity contribution is 7.89. The van der Waals surface area contributed by atoms with Crippen LogP contribution in [0, 0.1) is 0 Å². The number of nitrogens with zero attached hydrogens (tertiary/aromatic N) is 2. The molecule has 8 heteroatoms. The normalized spacial score (nSPS) is 21.3.